The lowest BCUT2D eigenvalue weighted by atomic mass is 10.1. The molecule has 2 rings (SSSR count). The highest BCUT2D eigenvalue weighted by Gasteiger charge is 2.10. The van der Waals surface area contributed by atoms with Crippen LogP contribution in [0.25, 0.3) is 0 Å². The van der Waals surface area contributed by atoms with Crippen molar-refractivity contribution in [3.63, 3.8) is 0 Å². The van der Waals surface area contributed by atoms with E-state index in [0.29, 0.717) is 13.2 Å². The molecule has 0 radical (unpaired) electrons. The van der Waals surface area contributed by atoms with Gasteiger partial charge in [0.25, 0.3) is 0 Å². The second-order valence-electron chi connectivity index (χ2n) is 4.04. The molecule has 0 aliphatic carbocycles. The molecule has 0 spiro atoms. The van der Waals surface area contributed by atoms with Gasteiger partial charge in [-0.05, 0) is 17.2 Å². The van der Waals surface area contributed by atoms with Gasteiger partial charge in [0.2, 0.25) is 0 Å². The molecule has 2 aromatic carbocycles. The summed E-state index contributed by atoms with van der Waals surface area (Å²) in [6.45, 7) is 0.922. The van der Waals surface area contributed by atoms with Crippen LogP contribution in [0.1, 0.15) is 17.2 Å². The van der Waals surface area contributed by atoms with Gasteiger partial charge in [-0.2, -0.15) is 0 Å². The van der Waals surface area contributed by atoms with Gasteiger partial charge in [-0.25, -0.2) is 0 Å². The molecule has 0 amide bonds. The second-order valence-corrected chi connectivity index (χ2v) is 4.44. The van der Waals surface area contributed by atoms with Crippen molar-refractivity contribution in [3.05, 3.63) is 70.7 Å². The molecule has 1 atom stereocenters. The fourth-order valence-corrected chi connectivity index (χ4v) is 1.96. The van der Waals surface area contributed by atoms with Crippen molar-refractivity contribution in [2.75, 3.05) is 6.54 Å². The first-order valence-corrected chi connectivity index (χ1v) is 6.29. The maximum Gasteiger partial charge on any atom is 0.0951 e. The first kappa shape index (κ1) is 13.1. The molecular weight excluding hydrogens is 246 g/mol. The van der Waals surface area contributed by atoms with Crippen LogP contribution in [-0.4, -0.2) is 6.54 Å². The Morgan fingerprint density at radius 2 is 1.67 bits per heavy atom. The molecule has 0 bridgehead atoms. The quantitative estimate of drug-likeness (QED) is 0.893. The largest absolute Gasteiger partial charge is 0.367 e. The summed E-state index contributed by atoms with van der Waals surface area (Å²) in [5, 5.41) is 0.723. The van der Waals surface area contributed by atoms with Crippen molar-refractivity contribution in [1.29, 1.82) is 0 Å². The summed E-state index contributed by atoms with van der Waals surface area (Å²) in [4.78, 5) is 0. The molecular formula is C15H16ClNO. The van der Waals surface area contributed by atoms with Crippen molar-refractivity contribution in [2.24, 2.45) is 5.73 Å². The van der Waals surface area contributed by atoms with E-state index in [1.807, 2.05) is 54.6 Å². The number of rotatable bonds is 5. The Kier molecular flexibility index (Phi) is 4.76. The van der Waals surface area contributed by atoms with Gasteiger partial charge in [0.05, 0.1) is 12.7 Å². The Bertz CT molecular complexity index is 487. The number of ether oxygens (including phenoxy) is 1. The second kappa shape index (κ2) is 6.55. The molecule has 0 fully saturated rings. The summed E-state index contributed by atoms with van der Waals surface area (Å²) in [6, 6.07) is 17.7. The smallest absolute Gasteiger partial charge is 0.0951 e. The first-order valence-electron chi connectivity index (χ1n) is 5.91. The number of hydrogen-bond acceptors (Lipinski definition) is 2. The monoisotopic (exact) mass is 261 g/mol. The maximum atomic E-state index is 6.09. The van der Waals surface area contributed by atoms with Gasteiger partial charge in [0, 0.05) is 11.6 Å². The number of hydrogen-bond donors (Lipinski definition) is 1. The van der Waals surface area contributed by atoms with E-state index in [2.05, 4.69) is 0 Å². The van der Waals surface area contributed by atoms with Crippen molar-refractivity contribution in [3.8, 4) is 0 Å². The zero-order valence-electron chi connectivity index (χ0n) is 10.1. The van der Waals surface area contributed by atoms with Gasteiger partial charge < -0.3 is 10.5 Å². The molecule has 0 saturated heterocycles. The Hall–Kier alpha value is -1.35. The molecule has 0 aromatic heterocycles. The SMILES string of the molecule is NCC(OCc1ccccc1Cl)c1ccccc1. The predicted molar refractivity (Wildman–Crippen MR) is 74.5 cm³/mol. The van der Waals surface area contributed by atoms with Crippen LogP contribution in [0.15, 0.2) is 54.6 Å². The normalized spacial score (nSPS) is 12.3. The zero-order chi connectivity index (χ0) is 12.8. The van der Waals surface area contributed by atoms with Crippen LogP contribution in [0.5, 0.6) is 0 Å². The minimum atomic E-state index is -0.0949. The molecule has 18 heavy (non-hydrogen) atoms. The fourth-order valence-electron chi connectivity index (χ4n) is 1.77. The number of halogens is 1. The van der Waals surface area contributed by atoms with E-state index in [0.717, 1.165) is 16.1 Å². The molecule has 0 aliphatic rings. The van der Waals surface area contributed by atoms with Crippen molar-refractivity contribution in [2.45, 2.75) is 12.7 Å². The minimum Gasteiger partial charge on any atom is -0.367 e. The Labute approximate surface area is 112 Å². The van der Waals surface area contributed by atoms with Crippen molar-refractivity contribution < 1.29 is 4.74 Å². The lowest BCUT2D eigenvalue weighted by Crippen LogP contribution is -2.15. The van der Waals surface area contributed by atoms with Gasteiger partial charge in [0.15, 0.2) is 0 Å². The lowest BCUT2D eigenvalue weighted by molar-refractivity contribution is 0.0457. The average molecular weight is 262 g/mol. The first-order chi connectivity index (χ1) is 8.81. The summed E-state index contributed by atoms with van der Waals surface area (Å²) >= 11 is 6.09. The lowest BCUT2D eigenvalue weighted by Gasteiger charge is -2.16. The third kappa shape index (κ3) is 3.33. The molecule has 2 N–H and O–H groups in total. The standard InChI is InChI=1S/C15H16ClNO/c16-14-9-5-4-8-13(14)11-18-15(10-17)12-6-2-1-3-7-12/h1-9,15H,10-11,17H2. The Balaban J connectivity index is 2.02. The molecule has 2 nitrogen and oxygen atoms in total. The van der Waals surface area contributed by atoms with Gasteiger partial charge in [0.1, 0.15) is 0 Å². The van der Waals surface area contributed by atoms with Gasteiger partial charge in [-0.1, -0.05) is 60.1 Å². The Morgan fingerprint density at radius 1 is 1.00 bits per heavy atom. The van der Waals surface area contributed by atoms with Crippen LogP contribution in [0, 0.1) is 0 Å². The van der Waals surface area contributed by atoms with Crippen molar-refractivity contribution in [1.82, 2.24) is 0 Å². The van der Waals surface area contributed by atoms with Gasteiger partial charge in [-0.15, -0.1) is 0 Å². The maximum absolute atomic E-state index is 6.09. The molecule has 1 unspecified atom stereocenters. The molecule has 0 saturated carbocycles. The van der Waals surface area contributed by atoms with Crippen LogP contribution < -0.4 is 5.73 Å². The number of benzene rings is 2. The minimum absolute atomic E-state index is 0.0949. The van der Waals surface area contributed by atoms with E-state index in [-0.39, 0.29) is 6.10 Å². The summed E-state index contributed by atoms with van der Waals surface area (Å²) in [7, 11) is 0. The third-order valence-corrected chi connectivity index (χ3v) is 3.15. The van der Waals surface area contributed by atoms with E-state index >= 15 is 0 Å². The van der Waals surface area contributed by atoms with E-state index in [4.69, 9.17) is 22.1 Å². The van der Waals surface area contributed by atoms with Crippen molar-refractivity contribution >= 4 is 11.6 Å². The summed E-state index contributed by atoms with van der Waals surface area (Å²) in [5.41, 5.74) is 7.82. The van der Waals surface area contributed by atoms with Crippen LogP contribution in [0.4, 0.5) is 0 Å². The fraction of sp³-hybridized carbons (Fsp3) is 0.200. The topological polar surface area (TPSA) is 35.2 Å². The van der Waals surface area contributed by atoms with Gasteiger partial charge >= 0.3 is 0 Å². The predicted octanol–water partition coefficient (Wildman–Crippen LogP) is 3.56. The highest BCUT2D eigenvalue weighted by Crippen LogP contribution is 2.21. The molecule has 2 aromatic rings. The van der Waals surface area contributed by atoms with Gasteiger partial charge in [-0.3, -0.25) is 0 Å². The molecule has 0 aliphatic heterocycles. The van der Waals surface area contributed by atoms with Crippen LogP contribution in [-0.2, 0) is 11.3 Å². The highest BCUT2D eigenvalue weighted by molar-refractivity contribution is 6.31. The van der Waals surface area contributed by atoms with E-state index in [1.54, 1.807) is 0 Å². The number of nitrogens with two attached hydrogens (primary N) is 1. The van der Waals surface area contributed by atoms with Crippen LogP contribution >= 0.6 is 11.6 Å². The summed E-state index contributed by atoms with van der Waals surface area (Å²) < 4.78 is 5.83. The van der Waals surface area contributed by atoms with E-state index in [9.17, 15) is 0 Å². The molecule has 0 heterocycles. The van der Waals surface area contributed by atoms with E-state index < -0.39 is 0 Å². The summed E-state index contributed by atoms with van der Waals surface area (Å²) in [6.07, 6.45) is -0.0949. The Morgan fingerprint density at radius 3 is 2.33 bits per heavy atom. The third-order valence-electron chi connectivity index (χ3n) is 2.78. The van der Waals surface area contributed by atoms with E-state index in [1.165, 1.54) is 0 Å². The molecule has 3 heteroatoms. The van der Waals surface area contributed by atoms with Crippen LogP contribution in [0.3, 0.4) is 0 Å². The average Bonchev–Trinajstić information content (AvgIpc) is 2.42. The summed E-state index contributed by atoms with van der Waals surface area (Å²) in [5.74, 6) is 0. The zero-order valence-corrected chi connectivity index (χ0v) is 10.8. The highest BCUT2D eigenvalue weighted by atomic mass is 35.5. The van der Waals surface area contributed by atoms with Crippen LogP contribution in [0.2, 0.25) is 5.02 Å². The molecule has 94 valence electrons.